The first kappa shape index (κ1) is 35.8. The largest absolute Gasteiger partial charge is 0.416 e. The van der Waals surface area contributed by atoms with Gasteiger partial charge < -0.3 is 9.47 Å². The summed E-state index contributed by atoms with van der Waals surface area (Å²) in [6, 6.07) is 30.2. The van der Waals surface area contributed by atoms with Crippen LogP contribution in [0.1, 0.15) is 83.5 Å². The molecule has 0 saturated carbocycles. The lowest BCUT2D eigenvalue weighted by Crippen LogP contribution is -2.57. The van der Waals surface area contributed by atoms with Gasteiger partial charge in [-0.3, -0.25) is 4.90 Å². The third-order valence-electron chi connectivity index (χ3n) is 10.5. The molecular formula is C39H37F6N5O2. The molecular weight excluding hydrogens is 684 g/mol. The fourth-order valence-electron chi connectivity index (χ4n) is 8.29. The van der Waals surface area contributed by atoms with E-state index in [1.165, 1.54) is 0 Å². The summed E-state index contributed by atoms with van der Waals surface area (Å²) in [5.74, 6) is 0.666. The van der Waals surface area contributed by atoms with Crippen molar-refractivity contribution in [2.75, 3.05) is 13.2 Å². The molecule has 3 heterocycles. The van der Waals surface area contributed by atoms with Crippen molar-refractivity contribution < 1.29 is 35.8 Å². The number of alkyl halides is 6. The number of aromatic nitrogens is 4. The Hall–Kier alpha value is -4.59. The molecule has 5 aromatic rings. The lowest BCUT2D eigenvalue weighted by Gasteiger charge is -2.52. The van der Waals surface area contributed by atoms with Crippen LogP contribution in [0.3, 0.4) is 0 Å². The summed E-state index contributed by atoms with van der Waals surface area (Å²) in [5.41, 5.74) is -1.06. The molecule has 52 heavy (non-hydrogen) atoms. The van der Waals surface area contributed by atoms with Crippen molar-refractivity contribution >= 4 is 0 Å². The minimum absolute atomic E-state index is 0.0267. The zero-order chi connectivity index (χ0) is 36.5. The number of rotatable bonds is 11. The number of nitrogens with one attached hydrogen (secondary N) is 1. The minimum Gasteiger partial charge on any atom is -0.374 e. The molecule has 2 aliphatic rings. The van der Waals surface area contributed by atoms with Gasteiger partial charge in [-0.1, -0.05) is 91.0 Å². The molecule has 0 radical (unpaired) electrons. The number of hydrogen-bond acceptors (Lipinski definition) is 6. The van der Waals surface area contributed by atoms with Crippen LogP contribution in [0, 0.1) is 0 Å². The summed E-state index contributed by atoms with van der Waals surface area (Å²) < 4.78 is 95.9. The Morgan fingerprint density at radius 3 is 1.94 bits per heavy atom. The van der Waals surface area contributed by atoms with Gasteiger partial charge in [0.1, 0.15) is 6.10 Å². The number of tetrazole rings is 1. The van der Waals surface area contributed by atoms with E-state index in [1.807, 2.05) is 36.4 Å². The van der Waals surface area contributed by atoms with Crippen LogP contribution < -0.4 is 0 Å². The number of H-pyrrole nitrogens is 1. The fraction of sp³-hybridized carbons (Fsp3) is 0.359. The summed E-state index contributed by atoms with van der Waals surface area (Å²) in [6.45, 7) is 2.13. The number of ether oxygens (including phenoxy) is 2. The van der Waals surface area contributed by atoms with Gasteiger partial charge in [0.25, 0.3) is 0 Å². The standard InChI is InChI=1S/C39H37F6N5O2/c1-25(26-11-5-2-6-12-26)50-33-17-18-34(37(50,29-15-9-4-10-16-29)24-32(33)36-46-48-49-47-36)51-19-20-52-35(27-13-7-3-8-14-27)28-21-30(38(40,41)42)23-31(22-28)39(43,44)45/h2-16,21-23,25,32-35H,17-20,24H2,1H3,(H,46,47,48,49)/t25?,32-,33+,34-,35?,37-/m0/s1. The Morgan fingerprint density at radius 2 is 1.37 bits per heavy atom. The fourth-order valence-corrected chi connectivity index (χ4v) is 8.29. The van der Waals surface area contributed by atoms with E-state index in [0.29, 0.717) is 24.2 Å². The van der Waals surface area contributed by atoms with Gasteiger partial charge >= 0.3 is 12.4 Å². The lowest BCUT2D eigenvalue weighted by atomic mass is 9.77. The van der Waals surface area contributed by atoms with Gasteiger partial charge in [0.05, 0.1) is 36.0 Å². The van der Waals surface area contributed by atoms with Gasteiger partial charge in [-0.2, -0.15) is 26.3 Å². The van der Waals surface area contributed by atoms with E-state index < -0.39 is 35.1 Å². The molecule has 13 heteroatoms. The maximum Gasteiger partial charge on any atom is 0.416 e. The van der Waals surface area contributed by atoms with Crippen molar-refractivity contribution in [2.45, 2.75) is 74.3 Å². The van der Waals surface area contributed by atoms with Gasteiger partial charge in [-0.25, -0.2) is 5.10 Å². The third-order valence-corrected chi connectivity index (χ3v) is 10.5. The molecule has 2 fully saturated rings. The molecule has 272 valence electrons. The first-order chi connectivity index (χ1) is 25.0. The smallest absolute Gasteiger partial charge is 0.374 e. The third kappa shape index (κ3) is 6.96. The number of nitrogens with zero attached hydrogens (tertiary/aromatic N) is 4. The summed E-state index contributed by atoms with van der Waals surface area (Å²) >= 11 is 0. The number of benzene rings is 4. The molecule has 0 amide bonds. The quantitative estimate of drug-likeness (QED) is 0.108. The zero-order valence-corrected chi connectivity index (χ0v) is 28.2. The van der Waals surface area contributed by atoms with Crippen LogP contribution in [-0.2, 0) is 27.4 Å². The van der Waals surface area contributed by atoms with E-state index in [0.717, 1.165) is 29.7 Å². The van der Waals surface area contributed by atoms with Crippen LogP contribution in [0.4, 0.5) is 26.3 Å². The van der Waals surface area contributed by atoms with Crippen molar-refractivity contribution in [3.63, 3.8) is 0 Å². The van der Waals surface area contributed by atoms with Crippen molar-refractivity contribution in [3.8, 4) is 0 Å². The Balaban J connectivity index is 1.20. The van der Waals surface area contributed by atoms with Crippen LogP contribution in [0.5, 0.6) is 0 Å². The maximum absolute atomic E-state index is 13.8. The summed E-state index contributed by atoms with van der Waals surface area (Å²) in [5, 5.41) is 15.1. The van der Waals surface area contributed by atoms with E-state index in [1.54, 1.807) is 30.3 Å². The SMILES string of the molecule is CC(c1ccccc1)N1[C@@H]2CC[C@H](OCCOC(c3ccccc3)c3cc(C(F)(F)F)cc(C(F)(F)F)c3)[C@@]1(c1ccccc1)C[C@@H]2c1nnn[nH]1. The van der Waals surface area contributed by atoms with Crippen molar-refractivity contribution in [2.24, 2.45) is 0 Å². The lowest BCUT2D eigenvalue weighted by molar-refractivity contribution is -0.143. The molecule has 4 aromatic carbocycles. The Morgan fingerprint density at radius 1 is 0.769 bits per heavy atom. The molecule has 2 bridgehead atoms. The summed E-state index contributed by atoms with van der Waals surface area (Å²) in [4.78, 5) is 2.52. The van der Waals surface area contributed by atoms with E-state index in [-0.39, 0.29) is 48.9 Å². The van der Waals surface area contributed by atoms with Gasteiger partial charge in [-0.05, 0) is 77.1 Å². The monoisotopic (exact) mass is 721 g/mol. The van der Waals surface area contributed by atoms with Crippen molar-refractivity contribution in [1.82, 2.24) is 25.5 Å². The van der Waals surface area contributed by atoms with Crippen LogP contribution in [-0.4, -0.2) is 50.9 Å². The number of piperidine rings is 1. The molecule has 7 nitrogen and oxygen atoms in total. The molecule has 0 aliphatic carbocycles. The van der Waals surface area contributed by atoms with Gasteiger partial charge in [-0.15, -0.1) is 5.10 Å². The predicted molar refractivity (Wildman–Crippen MR) is 180 cm³/mol. The Labute approximate surface area is 297 Å². The Kier molecular flexibility index (Phi) is 9.94. The highest BCUT2D eigenvalue weighted by Crippen LogP contribution is 2.59. The Bertz CT molecular complexity index is 1880. The second-order valence-electron chi connectivity index (χ2n) is 13.4. The molecule has 2 saturated heterocycles. The second kappa shape index (κ2) is 14.4. The first-order valence-electron chi connectivity index (χ1n) is 17.2. The number of hydrogen-bond donors (Lipinski definition) is 1. The highest BCUT2D eigenvalue weighted by atomic mass is 19.4. The summed E-state index contributed by atoms with van der Waals surface area (Å²) in [7, 11) is 0. The average Bonchev–Trinajstić information content (AvgIpc) is 3.77. The molecule has 1 aromatic heterocycles. The first-order valence-corrected chi connectivity index (χ1v) is 17.2. The second-order valence-corrected chi connectivity index (χ2v) is 13.4. The highest BCUT2D eigenvalue weighted by Gasteiger charge is 2.62. The zero-order valence-electron chi connectivity index (χ0n) is 28.2. The maximum atomic E-state index is 13.8. The van der Waals surface area contributed by atoms with Gasteiger partial charge in [0, 0.05) is 18.0 Å². The molecule has 2 aliphatic heterocycles. The molecule has 6 atom stereocenters. The van der Waals surface area contributed by atoms with E-state index >= 15 is 0 Å². The minimum atomic E-state index is -4.99. The van der Waals surface area contributed by atoms with Gasteiger partial charge in [0.2, 0.25) is 0 Å². The normalized spacial score (nSPS) is 23.4. The molecule has 2 unspecified atom stereocenters. The van der Waals surface area contributed by atoms with Gasteiger partial charge in [0.15, 0.2) is 5.82 Å². The molecule has 1 N–H and O–H groups in total. The van der Waals surface area contributed by atoms with E-state index in [4.69, 9.17) is 9.47 Å². The summed E-state index contributed by atoms with van der Waals surface area (Å²) in [6.07, 6.45) is -9.42. The average molecular weight is 722 g/mol. The number of aromatic amines is 1. The number of halogens is 6. The number of fused-ring (bicyclic) bond motifs is 2. The molecule has 0 spiro atoms. The highest BCUT2D eigenvalue weighted by molar-refractivity contribution is 5.39. The van der Waals surface area contributed by atoms with Crippen LogP contribution in [0.15, 0.2) is 109 Å². The van der Waals surface area contributed by atoms with E-state index in [9.17, 15) is 26.3 Å². The molecule has 7 rings (SSSR count). The van der Waals surface area contributed by atoms with Crippen LogP contribution >= 0.6 is 0 Å². The van der Waals surface area contributed by atoms with Crippen LogP contribution in [0.25, 0.3) is 0 Å². The van der Waals surface area contributed by atoms with Crippen LogP contribution in [0.2, 0.25) is 0 Å². The topological polar surface area (TPSA) is 76.2 Å². The predicted octanol–water partition coefficient (Wildman–Crippen LogP) is 9.04. The van der Waals surface area contributed by atoms with E-state index in [2.05, 4.69) is 56.7 Å². The van der Waals surface area contributed by atoms with Crippen molar-refractivity contribution in [1.29, 1.82) is 0 Å². The van der Waals surface area contributed by atoms with Crippen molar-refractivity contribution in [3.05, 3.63) is 148 Å².